The van der Waals surface area contributed by atoms with Gasteiger partial charge >= 0.3 is 0 Å². The highest BCUT2D eigenvalue weighted by Crippen LogP contribution is 2.36. The summed E-state index contributed by atoms with van der Waals surface area (Å²) in [5.74, 6) is 2.02. The summed E-state index contributed by atoms with van der Waals surface area (Å²) in [4.78, 5) is 38.7. The highest BCUT2D eigenvalue weighted by atomic mass is 16.2. The molecule has 1 atom stereocenters. The maximum absolute atomic E-state index is 13.2. The molecule has 3 aliphatic rings. The molecule has 6 heteroatoms. The number of rotatable bonds is 2. The molecule has 6 nitrogen and oxygen atoms in total. The molecule has 27 heavy (non-hydrogen) atoms. The molecule has 1 aromatic heterocycles. The lowest BCUT2D eigenvalue weighted by Crippen LogP contribution is -2.43. The van der Waals surface area contributed by atoms with Crippen LogP contribution in [-0.2, 0) is 16.0 Å². The van der Waals surface area contributed by atoms with Crippen molar-refractivity contribution < 1.29 is 9.59 Å². The molecule has 0 radical (unpaired) electrons. The summed E-state index contributed by atoms with van der Waals surface area (Å²) in [6.07, 6.45) is 9.89. The number of anilines is 1. The van der Waals surface area contributed by atoms with Crippen molar-refractivity contribution in [2.24, 2.45) is 5.92 Å². The molecule has 2 amide bonds. The first kappa shape index (κ1) is 18.4. The third-order valence-electron chi connectivity index (χ3n) is 6.53. The second-order valence-electron chi connectivity index (χ2n) is 8.30. The Morgan fingerprint density at radius 1 is 1.00 bits per heavy atom. The normalized spacial score (nSPS) is 24.1. The van der Waals surface area contributed by atoms with E-state index >= 15 is 0 Å². The molecule has 1 saturated heterocycles. The highest BCUT2D eigenvalue weighted by Gasteiger charge is 2.35. The molecule has 2 fully saturated rings. The van der Waals surface area contributed by atoms with E-state index in [-0.39, 0.29) is 17.9 Å². The second-order valence-corrected chi connectivity index (χ2v) is 8.30. The minimum absolute atomic E-state index is 0.0531. The summed E-state index contributed by atoms with van der Waals surface area (Å²) in [5, 5.41) is 0. The number of hydrogen-bond acceptors (Lipinski definition) is 4. The molecule has 0 bridgehead atoms. The van der Waals surface area contributed by atoms with Gasteiger partial charge in [-0.2, -0.15) is 0 Å². The molecule has 0 spiro atoms. The van der Waals surface area contributed by atoms with Gasteiger partial charge in [0.25, 0.3) is 0 Å². The van der Waals surface area contributed by atoms with Crippen LogP contribution in [-0.4, -0.2) is 40.3 Å². The number of piperidine rings is 1. The fourth-order valence-electron chi connectivity index (χ4n) is 4.89. The van der Waals surface area contributed by atoms with Gasteiger partial charge in [0.05, 0.1) is 6.04 Å². The Balaban J connectivity index is 1.65. The van der Waals surface area contributed by atoms with Gasteiger partial charge in [0.2, 0.25) is 11.8 Å². The van der Waals surface area contributed by atoms with E-state index in [1.807, 2.05) is 11.8 Å². The van der Waals surface area contributed by atoms with Crippen molar-refractivity contribution in [3.8, 4) is 0 Å². The minimum Gasteiger partial charge on any atom is -0.332 e. The lowest BCUT2D eigenvalue weighted by molar-refractivity contribution is -0.140. The molecule has 146 valence electrons. The van der Waals surface area contributed by atoms with E-state index in [9.17, 15) is 9.59 Å². The first-order chi connectivity index (χ1) is 13.1. The Morgan fingerprint density at radius 3 is 2.52 bits per heavy atom. The van der Waals surface area contributed by atoms with Crippen molar-refractivity contribution in [2.75, 3.05) is 18.5 Å². The Hall–Kier alpha value is -1.98. The molecule has 0 unspecified atom stereocenters. The van der Waals surface area contributed by atoms with Crippen LogP contribution in [0.25, 0.3) is 0 Å². The Labute approximate surface area is 161 Å². The van der Waals surface area contributed by atoms with Crippen LogP contribution in [0.5, 0.6) is 0 Å². The van der Waals surface area contributed by atoms with Crippen LogP contribution in [0.15, 0.2) is 0 Å². The van der Waals surface area contributed by atoms with Crippen LogP contribution < -0.4 is 4.90 Å². The van der Waals surface area contributed by atoms with Gasteiger partial charge in [0.1, 0.15) is 5.82 Å². The van der Waals surface area contributed by atoms with Crippen molar-refractivity contribution >= 4 is 17.6 Å². The number of aryl methyl sites for hydroxylation is 1. The third-order valence-corrected chi connectivity index (χ3v) is 6.53. The molecule has 4 rings (SSSR count). The highest BCUT2D eigenvalue weighted by molar-refractivity contribution is 5.94. The fraction of sp³-hybridized carbons (Fsp3) is 0.714. The lowest BCUT2D eigenvalue weighted by Gasteiger charge is -2.38. The molecule has 3 heterocycles. The summed E-state index contributed by atoms with van der Waals surface area (Å²) in [6.45, 7) is 2.80. The average molecular weight is 370 g/mol. The maximum atomic E-state index is 13.2. The number of amides is 2. The zero-order chi connectivity index (χ0) is 19.0. The van der Waals surface area contributed by atoms with E-state index in [1.54, 1.807) is 11.9 Å². The number of carbonyl (C=O) groups is 2. The van der Waals surface area contributed by atoms with Crippen LogP contribution in [0.2, 0.25) is 0 Å². The van der Waals surface area contributed by atoms with E-state index in [4.69, 9.17) is 9.97 Å². The van der Waals surface area contributed by atoms with Gasteiger partial charge in [-0.25, -0.2) is 9.97 Å². The van der Waals surface area contributed by atoms with Gasteiger partial charge in [0, 0.05) is 37.2 Å². The number of hydrogen-bond donors (Lipinski definition) is 0. The van der Waals surface area contributed by atoms with Crippen molar-refractivity contribution in [3.63, 3.8) is 0 Å². The topological polar surface area (TPSA) is 66.4 Å². The first-order valence-corrected chi connectivity index (χ1v) is 10.5. The quantitative estimate of drug-likeness (QED) is 0.801. The molecule has 1 aromatic rings. The number of carbonyl (C=O) groups excluding carboxylic acids is 2. The summed E-state index contributed by atoms with van der Waals surface area (Å²) >= 11 is 0. The van der Waals surface area contributed by atoms with Crippen LogP contribution in [0.3, 0.4) is 0 Å². The SMILES string of the molecule is Cc1nc([C@H]2CCCCN2C(=O)C2CCCCC2)nc2c1CCC(=O)N2C. The summed E-state index contributed by atoms with van der Waals surface area (Å²) in [5.41, 5.74) is 2.02. The van der Waals surface area contributed by atoms with Gasteiger partial charge in [0.15, 0.2) is 5.82 Å². The van der Waals surface area contributed by atoms with Crippen LogP contribution in [0, 0.1) is 12.8 Å². The lowest BCUT2D eigenvalue weighted by atomic mass is 9.87. The third kappa shape index (κ3) is 3.46. The molecular formula is C21H30N4O2. The van der Waals surface area contributed by atoms with Gasteiger partial charge < -0.3 is 4.90 Å². The zero-order valence-electron chi connectivity index (χ0n) is 16.5. The monoisotopic (exact) mass is 370 g/mol. The molecule has 2 aliphatic heterocycles. The molecule has 1 aliphatic carbocycles. The zero-order valence-corrected chi connectivity index (χ0v) is 16.5. The van der Waals surface area contributed by atoms with Crippen LogP contribution in [0.1, 0.15) is 80.9 Å². The largest absolute Gasteiger partial charge is 0.332 e. The molecule has 0 N–H and O–H groups in total. The van der Waals surface area contributed by atoms with E-state index in [2.05, 4.69) is 0 Å². The van der Waals surface area contributed by atoms with Crippen molar-refractivity contribution in [1.82, 2.24) is 14.9 Å². The summed E-state index contributed by atoms with van der Waals surface area (Å²) in [6, 6.07) is -0.0531. The Morgan fingerprint density at radius 2 is 1.74 bits per heavy atom. The Bertz CT molecular complexity index is 742. The van der Waals surface area contributed by atoms with Gasteiger partial charge in [-0.15, -0.1) is 0 Å². The number of aromatic nitrogens is 2. The second kappa shape index (κ2) is 7.56. The standard InChI is InChI=1S/C21H30N4O2/c1-14-16-11-12-18(26)24(2)20(16)23-19(22-14)17-10-6-7-13-25(17)21(27)15-8-4-3-5-9-15/h15,17H,3-13H2,1-2H3/t17-/m1/s1. The van der Waals surface area contributed by atoms with E-state index in [0.29, 0.717) is 18.7 Å². The first-order valence-electron chi connectivity index (χ1n) is 10.5. The van der Waals surface area contributed by atoms with Gasteiger partial charge in [-0.05, 0) is 45.4 Å². The van der Waals surface area contributed by atoms with Crippen LogP contribution in [0.4, 0.5) is 5.82 Å². The van der Waals surface area contributed by atoms with Gasteiger partial charge in [-0.3, -0.25) is 14.5 Å². The molecule has 0 aromatic carbocycles. The smallest absolute Gasteiger partial charge is 0.228 e. The van der Waals surface area contributed by atoms with Crippen molar-refractivity contribution in [2.45, 2.75) is 77.2 Å². The molecule has 1 saturated carbocycles. The van der Waals surface area contributed by atoms with Crippen molar-refractivity contribution in [3.05, 3.63) is 17.1 Å². The summed E-state index contributed by atoms with van der Waals surface area (Å²) < 4.78 is 0. The van der Waals surface area contributed by atoms with E-state index in [0.717, 1.165) is 74.4 Å². The van der Waals surface area contributed by atoms with Gasteiger partial charge in [-0.1, -0.05) is 19.3 Å². The minimum atomic E-state index is -0.0531. The predicted octanol–water partition coefficient (Wildman–Crippen LogP) is 3.33. The van der Waals surface area contributed by atoms with Crippen molar-refractivity contribution in [1.29, 1.82) is 0 Å². The predicted molar refractivity (Wildman–Crippen MR) is 103 cm³/mol. The fourth-order valence-corrected chi connectivity index (χ4v) is 4.89. The Kier molecular flexibility index (Phi) is 5.15. The maximum Gasteiger partial charge on any atom is 0.228 e. The van der Waals surface area contributed by atoms with Crippen LogP contribution >= 0.6 is 0 Å². The number of likely N-dealkylation sites (tertiary alicyclic amines) is 1. The average Bonchev–Trinajstić information content (AvgIpc) is 2.71. The van der Waals surface area contributed by atoms with E-state index < -0.39 is 0 Å². The number of nitrogens with zero attached hydrogens (tertiary/aromatic N) is 4. The van der Waals surface area contributed by atoms with E-state index in [1.165, 1.54) is 6.42 Å². The number of fused-ring (bicyclic) bond motifs is 1. The summed E-state index contributed by atoms with van der Waals surface area (Å²) in [7, 11) is 1.79. The molecular weight excluding hydrogens is 340 g/mol.